The van der Waals surface area contributed by atoms with Gasteiger partial charge in [-0.2, -0.15) is 0 Å². The van der Waals surface area contributed by atoms with Crippen molar-refractivity contribution in [2.45, 2.75) is 25.6 Å². The second-order valence-corrected chi connectivity index (χ2v) is 6.42. The molecule has 21 heavy (non-hydrogen) atoms. The number of rotatable bonds is 1. The second-order valence-electron chi connectivity index (χ2n) is 5.86. The van der Waals surface area contributed by atoms with Crippen LogP contribution in [-0.2, 0) is 0 Å². The molecule has 1 aromatic carbocycles. The molecule has 2 aromatic rings. The van der Waals surface area contributed by atoms with Crippen LogP contribution in [0.15, 0.2) is 30.3 Å². The monoisotopic (exact) mass is 302 g/mol. The van der Waals surface area contributed by atoms with Gasteiger partial charge >= 0.3 is 0 Å². The normalized spacial score (nSPS) is 22.5. The molecular formula is C17H19ClN2O. The van der Waals surface area contributed by atoms with Crippen molar-refractivity contribution >= 4 is 28.4 Å². The smallest absolute Gasteiger partial charge is 0.254 e. The number of para-hydroxylation sites is 1. The zero-order valence-electron chi connectivity index (χ0n) is 12.3. The number of fused-ring (bicyclic) bond motifs is 1. The highest BCUT2D eigenvalue weighted by molar-refractivity contribution is 6.21. The molecule has 1 aliphatic rings. The average Bonchev–Trinajstić information content (AvgIpc) is 2.48. The molecule has 2 atom stereocenters. The van der Waals surface area contributed by atoms with E-state index in [9.17, 15) is 4.79 Å². The highest BCUT2D eigenvalue weighted by atomic mass is 35.5. The summed E-state index contributed by atoms with van der Waals surface area (Å²) < 4.78 is 0. The van der Waals surface area contributed by atoms with Crippen LogP contribution in [0.25, 0.3) is 10.9 Å². The van der Waals surface area contributed by atoms with Crippen molar-refractivity contribution in [1.82, 2.24) is 9.88 Å². The van der Waals surface area contributed by atoms with Gasteiger partial charge in [0.2, 0.25) is 0 Å². The first-order valence-electron chi connectivity index (χ1n) is 7.36. The fourth-order valence-corrected chi connectivity index (χ4v) is 3.13. The number of benzene rings is 1. The van der Waals surface area contributed by atoms with Gasteiger partial charge in [0, 0.05) is 29.5 Å². The van der Waals surface area contributed by atoms with E-state index in [1.165, 1.54) is 0 Å². The molecule has 0 N–H and O–H groups in total. The number of nitrogens with zero attached hydrogens (tertiary/aromatic N) is 2. The number of aromatic nitrogens is 1. The zero-order valence-corrected chi connectivity index (χ0v) is 13.1. The largest absolute Gasteiger partial charge is 0.338 e. The molecule has 0 radical (unpaired) electrons. The fourth-order valence-electron chi connectivity index (χ4n) is 2.96. The quantitative estimate of drug-likeness (QED) is 0.754. The van der Waals surface area contributed by atoms with Gasteiger partial charge < -0.3 is 4.90 Å². The van der Waals surface area contributed by atoms with E-state index in [0.29, 0.717) is 5.92 Å². The third kappa shape index (κ3) is 2.75. The Hall–Kier alpha value is -1.61. The Morgan fingerprint density at radius 3 is 2.90 bits per heavy atom. The number of likely N-dealkylation sites (tertiary alicyclic amines) is 1. The third-order valence-corrected chi connectivity index (χ3v) is 4.81. The molecule has 0 bridgehead atoms. The van der Waals surface area contributed by atoms with Crippen molar-refractivity contribution in [1.29, 1.82) is 0 Å². The van der Waals surface area contributed by atoms with E-state index < -0.39 is 0 Å². The third-order valence-electron chi connectivity index (χ3n) is 4.16. The SMILES string of the molecule is Cc1cc(C(=O)N2CCC(Cl)C(C)C2)c2ccccc2n1. The van der Waals surface area contributed by atoms with Gasteiger partial charge in [0.25, 0.3) is 5.91 Å². The number of pyridine rings is 1. The molecular weight excluding hydrogens is 284 g/mol. The summed E-state index contributed by atoms with van der Waals surface area (Å²) in [5, 5.41) is 1.10. The Kier molecular flexibility index (Phi) is 3.85. The Balaban J connectivity index is 1.98. The molecule has 2 heterocycles. The predicted octanol–water partition coefficient (Wildman–Crippen LogP) is 3.63. The number of carbonyl (C=O) groups is 1. The van der Waals surface area contributed by atoms with Crippen molar-refractivity contribution in [2.24, 2.45) is 5.92 Å². The van der Waals surface area contributed by atoms with Crippen molar-refractivity contribution in [2.75, 3.05) is 13.1 Å². The maximum absolute atomic E-state index is 12.9. The first kappa shape index (κ1) is 14.3. The first-order valence-corrected chi connectivity index (χ1v) is 7.79. The summed E-state index contributed by atoms with van der Waals surface area (Å²) in [5.41, 5.74) is 2.50. The number of carbonyl (C=O) groups excluding carboxylic acids is 1. The van der Waals surface area contributed by atoms with E-state index in [1.54, 1.807) is 0 Å². The molecule has 1 aliphatic heterocycles. The number of amides is 1. The molecule has 3 rings (SSSR count). The number of hydrogen-bond donors (Lipinski definition) is 0. The first-order chi connectivity index (χ1) is 10.1. The molecule has 3 nitrogen and oxygen atoms in total. The minimum atomic E-state index is 0.0899. The van der Waals surface area contributed by atoms with Crippen molar-refractivity contribution in [3.05, 3.63) is 41.6 Å². The molecule has 1 amide bonds. The molecule has 4 heteroatoms. The standard InChI is InChI=1S/C17H19ClN2O/c1-11-10-20(8-7-15(11)18)17(21)14-9-12(2)19-16-6-4-3-5-13(14)16/h3-6,9,11,15H,7-8,10H2,1-2H3. The number of halogens is 1. The highest BCUT2D eigenvalue weighted by Crippen LogP contribution is 2.25. The summed E-state index contributed by atoms with van der Waals surface area (Å²) >= 11 is 6.26. The van der Waals surface area contributed by atoms with Crippen molar-refractivity contribution in [3.63, 3.8) is 0 Å². The lowest BCUT2D eigenvalue weighted by atomic mass is 9.98. The molecule has 2 unspecified atom stereocenters. The van der Waals surface area contributed by atoms with Gasteiger partial charge in [-0.05, 0) is 31.4 Å². The predicted molar refractivity (Wildman–Crippen MR) is 85.8 cm³/mol. The summed E-state index contributed by atoms with van der Waals surface area (Å²) in [5.74, 6) is 0.422. The molecule has 0 aliphatic carbocycles. The van der Waals surface area contributed by atoms with Crippen LogP contribution in [0.3, 0.4) is 0 Å². The molecule has 1 saturated heterocycles. The lowest BCUT2D eigenvalue weighted by molar-refractivity contribution is 0.0689. The lowest BCUT2D eigenvalue weighted by Crippen LogP contribution is -2.43. The van der Waals surface area contributed by atoms with E-state index >= 15 is 0 Å². The van der Waals surface area contributed by atoms with Crippen LogP contribution in [0.2, 0.25) is 0 Å². The summed E-state index contributed by atoms with van der Waals surface area (Å²) in [6, 6.07) is 9.70. The van der Waals surface area contributed by atoms with Crippen LogP contribution in [-0.4, -0.2) is 34.3 Å². The zero-order chi connectivity index (χ0) is 15.0. The highest BCUT2D eigenvalue weighted by Gasteiger charge is 2.28. The number of alkyl halides is 1. The Morgan fingerprint density at radius 2 is 2.14 bits per heavy atom. The van der Waals surface area contributed by atoms with Crippen LogP contribution in [0.5, 0.6) is 0 Å². The minimum absolute atomic E-state index is 0.0899. The van der Waals surface area contributed by atoms with E-state index in [4.69, 9.17) is 11.6 Å². The summed E-state index contributed by atoms with van der Waals surface area (Å²) in [6.45, 7) is 5.49. The van der Waals surface area contributed by atoms with Gasteiger partial charge in [-0.3, -0.25) is 9.78 Å². The maximum atomic E-state index is 12.9. The minimum Gasteiger partial charge on any atom is -0.338 e. The van der Waals surface area contributed by atoms with E-state index in [-0.39, 0.29) is 11.3 Å². The van der Waals surface area contributed by atoms with E-state index in [1.807, 2.05) is 42.2 Å². The fraction of sp³-hybridized carbons (Fsp3) is 0.412. The van der Waals surface area contributed by atoms with Crippen LogP contribution >= 0.6 is 11.6 Å². The van der Waals surface area contributed by atoms with Crippen LogP contribution in [0.1, 0.15) is 29.4 Å². The van der Waals surface area contributed by atoms with Crippen molar-refractivity contribution in [3.8, 4) is 0 Å². The number of hydrogen-bond acceptors (Lipinski definition) is 2. The van der Waals surface area contributed by atoms with Gasteiger partial charge in [-0.25, -0.2) is 0 Å². The second kappa shape index (κ2) is 5.64. The van der Waals surface area contributed by atoms with Crippen LogP contribution in [0.4, 0.5) is 0 Å². The van der Waals surface area contributed by atoms with Gasteiger partial charge in [0.1, 0.15) is 0 Å². The Labute approximate surface area is 129 Å². The molecule has 1 aromatic heterocycles. The summed E-state index contributed by atoms with van der Waals surface area (Å²) in [4.78, 5) is 19.3. The molecule has 0 spiro atoms. The number of piperidine rings is 1. The van der Waals surface area contributed by atoms with Crippen molar-refractivity contribution < 1.29 is 4.79 Å². The molecule has 110 valence electrons. The van der Waals surface area contributed by atoms with E-state index in [2.05, 4.69) is 11.9 Å². The summed E-state index contributed by atoms with van der Waals surface area (Å²) in [7, 11) is 0. The van der Waals surface area contributed by atoms with Gasteiger partial charge in [0.15, 0.2) is 0 Å². The van der Waals surface area contributed by atoms with Crippen LogP contribution in [0, 0.1) is 12.8 Å². The Bertz CT molecular complexity index is 686. The number of aryl methyl sites for hydroxylation is 1. The van der Waals surface area contributed by atoms with Crippen LogP contribution < -0.4 is 0 Å². The van der Waals surface area contributed by atoms with Gasteiger partial charge in [-0.15, -0.1) is 11.6 Å². The van der Waals surface area contributed by atoms with E-state index in [0.717, 1.165) is 41.7 Å². The van der Waals surface area contributed by atoms with Gasteiger partial charge in [0.05, 0.1) is 11.1 Å². The molecule has 1 fully saturated rings. The molecule has 0 saturated carbocycles. The Morgan fingerprint density at radius 1 is 1.38 bits per heavy atom. The van der Waals surface area contributed by atoms with Gasteiger partial charge in [-0.1, -0.05) is 25.1 Å². The summed E-state index contributed by atoms with van der Waals surface area (Å²) in [6.07, 6.45) is 0.858. The average molecular weight is 303 g/mol. The topological polar surface area (TPSA) is 33.2 Å². The maximum Gasteiger partial charge on any atom is 0.254 e. The lowest BCUT2D eigenvalue weighted by Gasteiger charge is -2.34.